The molecule has 0 saturated heterocycles. The Balaban J connectivity index is 1.69. The molecule has 2 aromatic rings. The van der Waals surface area contributed by atoms with Crippen molar-refractivity contribution in [3.8, 4) is 5.75 Å². The summed E-state index contributed by atoms with van der Waals surface area (Å²) >= 11 is 5.24. The molecule has 0 atom stereocenters. The van der Waals surface area contributed by atoms with Crippen LogP contribution in [0.3, 0.4) is 0 Å². The summed E-state index contributed by atoms with van der Waals surface area (Å²) in [6.07, 6.45) is 0.928. The summed E-state index contributed by atoms with van der Waals surface area (Å²) in [5.74, 6) is 0.753. The van der Waals surface area contributed by atoms with Crippen LogP contribution in [0.25, 0.3) is 0 Å². The van der Waals surface area contributed by atoms with E-state index in [1.54, 1.807) is 36.0 Å². The molecule has 2 rings (SSSR count). The number of hydrogen-bond acceptors (Lipinski definition) is 3. The zero-order valence-corrected chi connectivity index (χ0v) is 13.7. The Morgan fingerprint density at radius 1 is 1.19 bits per heavy atom. The van der Waals surface area contributed by atoms with Crippen LogP contribution in [0.15, 0.2) is 57.9 Å². The second kappa shape index (κ2) is 8.10. The van der Waals surface area contributed by atoms with Crippen molar-refractivity contribution in [3.63, 3.8) is 0 Å². The molecule has 5 heteroatoms. The molecule has 0 aliphatic carbocycles. The molecule has 3 nitrogen and oxygen atoms in total. The van der Waals surface area contributed by atoms with E-state index in [1.165, 1.54) is 4.90 Å². The Morgan fingerprint density at radius 3 is 2.62 bits per heavy atom. The van der Waals surface area contributed by atoms with E-state index >= 15 is 0 Å². The van der Waals surface area contributed by atoms with E-state index in [0.29, 0.717) is 12.4 Å². The summed E-state index contributed by atoms with van der Waals surface area (Å²) in [7, 11) is 0. The number of thioether (sulfide) groups is 1. The highest BCUT2D eigenvalue weighted by molar-refractivity contribution is 9.10. The highest BCUT2D eigenvalue weighted by Gasteiger charge is 2.02. The fraction of sp³-hybridized carbons (Fsp3) is 0.188. The van der Waals surface area contributed by atoms with Crippen LogP contribution in [-0.4, -0.2) is 23.4 Å². The van der Waals surface area contributed by atoms with Gasteiger partial charge in [-0.1, -0.05) is 22.0 Å². The number of halogens is 1. The van der Waals surface area contributed by atoms with Gasteiger partial charge in [-0.05, 0) is 48.9 Å². The van der Waals surface area contributed by atoms with E-state index in [2.05, 4.69) is 28.1 Å². The summed E-state index contributed by atoms with van der Waals surface area (Å²) in [6.45, 7) is 0.618. The molecule has 0 amide bonds. The van der Waals surface area contributed by atoms with Crippen LogP contribution < -0.4 is 4.74 Å². The Labute approximate surface area is 136 Å². The molecule has 1 N–H and O–H groups in total. The summed E-state index contributed by atoms with van der Waals surface area (Å²) in [6, 6.07) is 14.7. The van der Waals surface area contributed by atoms with Crippen LogP contribution in [0, 0.1) is 0 Å². The number of carbonyl (C=O) groups is 1. The fourth-order valence-corrected chi connectivity index (χ4v) is 3.12. The van der Waals surface area contributed by atoms with Crippen molar-refractivity contribution in [2.24, 2.45) is 0 Å². The molecule has 0 heterocycles. The van der Waals surface area contributed by atoms with Crippen LogP contribution in [-0.2, 0) is 0 Å². The molecule has 0 aliphatic heterocycles. The first-order chi connectivity index (χ1) is 10.1. The molecule has 2 aromatic carbocycles. The molecular formula is C16H15BrO3S. The minimum atomic E-state index is -0.924. The van der Waals surface area contributed by atoms with Crippen molar-refractivity contribution in [2.45, 2.75) is 11.3 Å². The lowest BCUT2D eigenvalue weighted by molar-refractivity contribution is 0.0697. The van der Waals surface area contributed by atoms with Gasteiger partial charge in [0.1, 0.15) is 5.75 Å². The van der Waals surface area contributed by atoms with Crippen molar-refractivity contribution in [1.82, 2.24) is 0 Å². The molecule has 0 saturated carbocycles. The first-order valence-corrected chi connectivity index (χ1v) is 8.27. The number of carboxylic acids is 1. The highest BCUT2D eigenvalue weighted by Crippen LogP contribution is 2.22. The quantitative estimate of drug-likeness (QED) is 0.569. The zero-order valence-electron chi connectivity index (χ0n) is 11.3. The smallest absolute Gasteiger partial charge is 0.335 e. The molecule has 0 bridgehead atoms. The average molecular weight is 367 g/mol. The number of rotatable bonds is 7. The minimum Gasteiger partial charge on any atom is -0.494 e. The van der Waals surface area contributed by atoms with Gasteiger partial charge in [-0.15, -0.1) is 11.8 Å². The minimum absolute atomic E-state index is 0.271. The third kappa shape index (κ3) is 5.44. The van der Waals surface area contributed by atoms with Crippen LogP contribution >= 0.6 is 27.7 Å². The molecule has 0 spiro atoms. The normalized spacial score (nSPS) is 10.3. The monoisotopic (exact) mass is 366 g/mol. The van der Waals surface area contributed by atoms with Gasteiger partial charge in [0.25, 0.3) is 0 Å². The maximum absolute atomic E-state index is 10.7. The molecule has 110 valence electrons. The standard InChI is InChI=1S/C16H15BrO3S/c17-13-3-1-4-15(11-13)21-10-2-9-20-14-7-5-12(6-8-14)16(18)19/h1,3-8,11H,2,9-10H2,(H,18,19). The van der Waals surface area contributed by atoms with Gasteiger partial charge in [-0.3, -0.25) is 0 Å². The van der Waals surface area contributed by atoms with Crippen molar-refractivity contribution in [2.75, 3.05) is 12.4 Å². The molecule has 21 heavy (non-hydrogen) atoms. The lowest BCUT2D eigenvalue weighted by Crippen LogP contribution is -2.00. The third-order valence-corrected chi connectivity index (χ3v) is 4.30. The number of aromatic carboxylic acids is 1. The molecule has 0 aliphatic rings. The van der Waals surface area contributed by atoms with Gasteiger partial charge in [0.2, 0.25) is 0 Å². The van der Waals surface area contributed by atoms with Gasteiger partial charge in [0.15, 0.2) is 0 Å². The molecule has 0 radical (unpaired) electrons. The Hall–Kier alpha value is -1.46. The van der Waals surface area contributed by atoms with Crippen LogP contribution in [0.5, 0.6) is 5.75 Å². The predicted molar refractivity (Wildman–Crippen MR) is 88.4 cm³/mol. The van der Waals surface area contributed by atoms with E-state index in [1.807, 2.05) is 12.1 Å². The maximum atomic E-state index is 10.7. The Bertz CT molecular complexity index is 599. The van der Waals surface area contributed by atoms with Crippen LogP contribution in [0.4, 0.5) is 0 Å². The SMILES string of the molecule is O=C(O)c1ccc(OCCCSc2cccc(Br)c2)cc1. The van der Waals surface area contributed by atoms with E-state index in [9.17, 15) is 4.79 Å². The van der Waals surface area contributed by atoms with Gasteiger partial charge in [-0.2, -0.15) is 0 Å². The van der Waals surface area contributed by atoms with E-state index < -0.39 is 5.97 Å². The van der Waals surface area contributed by atoms with E-state index in [-0.39, 0.29) is 5.56 Å². The third-order valence-electron chi connectivity index (χ3n) is 2.72. The Kier molecular flexibility index (Phi) is 6.14. The highest BCUT2D eigenvalue weighted by atomic mass is 79.9. The number of benzene rings is 2. The second-order valence-electron chi connectivity index (χ2n) is 4.34. The van der Waals surface area contributed by atoms with E-state index in [4.69, 9.17) is 9.84 Å². The predicted octanol–water partition coefficient (Wildman–Crippen LogP) is 4.71. The number of carboxylic acid groups (broad SMARTS) is 1. The average Bonchev–Trinajstić information content (AvgIpc) is 2.47. The first-order valence-electron chi connectivity index (χ1n) is 6.50. The summed E-state index contributed by atoms with van der Waals surface area (Å²) in [5.41, 5.74) is 0.271. The molecule has 0 aromatic heterocycles. The fourth-order valence-electron chi connectivity index (χ4n) is 1.69. The molecule has 0 fully saturated rings. The molecule has 0 unspecified atom stereocenters. The van der Waals surface area contributed by atoms with Crippen LogP contribution in [0.2, 0.25) is 0 Å². The summed E-state index contributed by atoms with van der Waals surface area (Å²) in [5, 5.41) is 8.80. The zero-order chi connectivity index (χ0) is 15.1. The van der Waals surface area contributed by atoms with Crippen molar-refractivity contribution >= 4 is 33.7 Å². The van der Waals surface area contributed by atoms with Gasteiger partial charge >= 0.3 is 5.97 Å². The van der Waals surface area contributed by atoms with Crippen molar-refractivity contribution < 1.29 is 14.6 Å². The number of ether oxygens (including phenoxy) is 1. The van der Waals surface area contributed by atoms with Crippen molar-refractivity contribution in [1.29, 1.82) is 0 Å². The summed E-state index contributed by atoms with van der Waals surface area (Å²) in [4.78, 5) is 12.0. The van der Waals surface area contributed by atoms with Gasteiger partial charge in [0.05, 0.1) is 12.2 Å². The first kappa shape index (κ1) is 15.9. The lowest BCUT2D eigenvalue weighted by Gasteiger charge is -2.06. The topological polar surface area (TPSA) is 46.5 Å². The molecular weight excluding hydrogens is 352 g/mol. The van der Waals surface area contributed by atoms with E-state index in [0.717, 1.165) is 16.6 Å². The van der Waals surface area contributed by atoms with Crippen molar-refractivity contribution in [3.05, 3.63) is 58.6 Å². The van der Waals surface area contributed by atoms with Gasteiger partial charge < -0.3 is 9.84 Å². The largest absolute Gasteiger partial charge is 0.494 e. The second-order valence-corrected chi connectivity index (χ2v) is 6.42. The number of hydrogen-bond donors (Lipinski definition) is 1. The Morgan fingerprint density at radius 2 is 1.95 bits per heavy atom. The summed E-state index contributed by atoms with van der Waals surface area (Å²) < 4.78 is 6.67. The van der Waals surface area contributed by atoms with Gasteiger partial charge in [-0.25, -0.2) is 4.79 Å². The van der Waals surface area contributed by atoms with Gasteiger partial charge in [0, 0.05) is 15.1 Å². The maximum Gasteiger partial charge on any atom is 0.335 e. The van der Waals surface area contributed by atoms with Crippen LogP contribution in [0.1, 0.15) is 16.8 Å². The lowest BCUT2D eigenvalue weighted by atomic mass is 10.2.